The van der Waals surface area contributed by atoms with Crippen LogP contribution in [-0.2, 0) is 0 Å². The molecule has 0 radical (unpaired) electrons. The highest BCUT2D eigenvalue weighted by atomic mass is 16.2. The van der Waals surface area contributed by atoms with E-state index in [9.17, 15) is 4.79 Å². The van der Waals surface area contributed by atoms with E-state index < -0.39 is 0 Å². The van der Waals surface area contributed by atoms with Gasteiger partial charge in [0.25, 0.3) is 5.91 Å². The molecule has 0 aromatic heterocycles. The number of nitrogens with one attached hydrogen (secondary N) is 1. The Balaban J connectivity index is 2.11. The van der Waals surface area contributed by atoms with Crippen LogP contribution in [0.2, 0.25) is 0 Å². The molecule has 0 aliphatic carbocycles. The van der Waals surface area contributed by atoms with Gasteiger partial charge in [0.2, 0.25) is 0 Å². The minimum absolute atomic E-state index is 0.176. The van der Waals surface area contributed by atoms with Crippen molar-refractivity contribution >= 4 is 5.91 Å². The van der Waals surface area contributed by atoms with E-state index >= 15 is 0 Å². The van der Waals surface area contributed by atoms with Crippen LogP contribution in [0.25, 0.3) is 0 Å². The second kappa shape index (κ2) is 6.89. The Morgan fingerprint density at radius 2 is 1.85 bits per heavy atom. The predicted octanol–water partition coefficient (Wildman–Crippen LogP) is 3.02. The zero-order valence-corrected chi connectivity index (χ0v) is 12.9. The highest BCUT2D eigenvalue weighted by Gasteiger charge is 2.24. The SMILES string of the molecule is CCN(C(=O)c1ccc(C(C)C)cc1)C1CCNCC1. The Morgan fingerprint density at radius 1 is 1.25 bits per heavy atom. The first-order valence-electron chi connectivity index (χ1n) is 7.75. The third-order valence-corrected chi connectivity index (χ3v) is 4.18. The summed E-state index contributed by atoms with van der Waals surface area (Å²) < 4.78 is 0. The summed E-state index contributed by atoms with van der Waals surface area (Å²) >= 11 is 0. The Hall–Kier alpha value is -1.35. The molecule has 110 valence electrons. The molecule has 1 aromatic carbocycles. The molecule has 2 rings (SSSR count). The van der Waals surface area contributed by atoms with Gasteiger partial charge in [-0.2, -0.15) is 0 Å². The zero-order valence-electron chi connectivity index (χ0n) is 12.9. The number of rotatable bonds is 4. The van der Waals surface area contributed by atoms with Gasteiger partial charge in [0.05, 0.1) is 0 Å². The zero-order chi connectivity index (χ0) is 14.5. The number of hydrogen-bond acceptors (Lipinski definition) is 2. The summed E-state index contributed by atoms with van der Waals surface area (Å²) in [5, 5.41) is 3.35. The molecule has 3 nitrogen and oxygen atoms in total. The van der Waals surface area contributed by atoms with Gasteiger partial charge >= 0.3 is 0 Å². The molecule has 1 fully saturated rings. The lowest BCUT2D eigenvalue weighted by atomic mass is 10.00. The largest absolute Gasteiger partial charge is 0.336 e. The molecule has 1 saturated heterocycles. The summed E-state index contributed by atoms with van der Waals surface area (Å²) in [6, 6.07) is 8.49. The van der Waals surface area contributed by atoms with Crippen LogP contribution in [0.1, 0.15) is 55.5 Å². The van der Waals surface area contributed by atoms with E-state index in [4.69, 9.17) is 0 Å². The predicted molar refractivity (Wildman–Crippen MR) is 83.1 cm³/mol. The van der Waals surface area contributed by atoms with Crippen molar-refractivity contribution in [1.29, 1.82) is 0 Å². The summed E-state index contributed by atoms with van der Waals surface area (Å²) in [6.07, 6.45) is 2.12. The summed E-state index contributed by atoms with van der Waals surface area (Å²) in [5.74, 6) is 0.681. The average Bonchev–Trinajstić information content (AvgIpc) is 2.49. The fourth-order valence-electron chi connectivity index (χ4n) is 2.86. The van der Waals surface area contributed by atoms with E-state index in [1.807, 2.05) is 17.0 Å². The van der Waals surface area contributed by atoms with Crippen LogP contribution < -0.4 is 5.32 Å². The molecule has 1 aliphatic rings. The number of benzene rings is 1. The van der Waals surface area contributed by atoms with Crippen LogP contribution in [0.5, 0.6) is 0 Å². The Bertz CT molecular complexity index is 433. The molecule has 0 atom stereocenters. The summed E-state index contributed by atoms with van der Waals surface area (Å²) in [4.78, 5) is 14.7. The van der Waals surface area contributed by atoms with Gasteiger partial charge in [-0.15, -0.1) is 0 Å². The lowest BCUT2D eigenvalue weighted by Gasteiger charge is -2.34. The molecule has 1 aliphatic heterocycles. The van der Waals surface area contributed by atoms with Crippen LogP contribution >= 0.6 is 0 Å². The molecule has 1 heterocycles. The molecular formula is C17H26N2O. The van der Waals surface area contributed by atoms with Crippen molar-refractivity contribution < 1.29 is 4.79 Å². The molecule has 1 N–H and O–H groups in total. The first-order chi connectivity index (χ1) is 9.63. The van der Waals surface area contributed by atoms with E-state index in [-0.39, 0.29) is 5.91 Å². The van der Waals surface area contributed by atoms with Crippen LogP contribution in [0.3, 0.4) is 0 Å². The highest BCUT2D eigenvalue weighted by Crippen LogP contribution is 2.18. The van der Waals surface area contributed by atoms with E-state index in [2.05, 4.69) is 38.2 Å². The number of nitrogens with zero attached hydrogens (tertiary/aromatic N) is 1. The van der Waals surface area contributed by atoms with Gasteiger partial charge < -0.3 is 10.2 Å². The van der Waals surface area contributed by atoms with Gasteiger partial charge in [-0.25, -0.2) is 0 Å². The lowest BCUT2D eigenvalue weighted by molar-refractivity contribution is 0.0656. The normalized spacial score (nSPS) is 16.4. The van der Waals surface area contributed by atoms with Gasteiger partial charge in [0.1, 0.15) is 0 Å². The molecule has 20 heavy (non-hydrogen) atoms. The van der Waals surface area contributed by atoms with Crippen molar-refractivity contribution in [2.24, 2.45) is 0 Å². The number of hydrogen-bond donors (Lipinski definition) is 1. The third-order valence-electron chi connectivity index (χ3n) is 4.18. The van der Waals surface area contributed by atoms with Crippen molar-refractivity contribution in [3.05, 3.63) is 35.4 Å². The molecule has 1 amide bonds. The van der Waals surface area contributed by atoms with Crippen molar-refractivity contribution in [3.63, 3.8) is 0 Å². The minimum atomic E-state index is 0.176. The lowest BCUT2D eigenvalue weighted by Crippen LogP contribution is -2.46. The quantitative estimate of drug-likeness (QED) is 0.915. The number of amides is 1. The molecule has 3 heteroatoms. The molecule has 1 aromatic rings. The highest BCUT2D eigenvalue weighted by molar-refractivity contribution is 5.94. The van der Waals surface area contributed by atoms with Gasteiger partial charge in [0.15, 0.2) is 0 Å². The Morgan fingerprint density at radius 3 is 2.35 bits per heavy atom. The fourth-order valence-corrected chi connectivity index (χ4v) is 2.86. The fraction of sp³-hybridized carbons (Fsp3) is 0.588. The Labute approximate surface area is 122 Å². The Kier molecular flexibility index (Phi) is 5.18. The van der Waals surface area contributed by atoms with E-state index in [0.29, 0.717) is 12.0 Å². The molecule has 0 spiro atoms. The maximum atomic E-state index is 12.7. The number of carbonyl (C=O) groups is 1. The smallest absolute Gasteiger partial charge is 0.254 e. The van der Waals surface area contributed by atoms with Crippen molar-refractivity contribution in [1.82, 2.24) is 10.2 Å². The van der Waals surface area contributed by atoms with Gasteiger partial charge in [-0.05, 0) is 56.5 Å². The maximum Gasteiger partial charge on any atom is 0.254 e. The summed E-state index contributed by atoms with van der Waals surface area (Å²) in [5.41, 5.74) is 2.10. The van der Waals surface area contributed by atoms with Crippen molar-refractivity contribution in [3.8, 4) is 0 Å². The monoisotopic (exact) mass is 274 g/mol. The first kappa shape index (κ1) is 15.0. The second-order valence-corrected chi connectivity index (χ2v) is 5.85. The van der Waals surface area contributed by atoms with Crippen LogP contribution in [-0.4, -0.2) is 36.5 Å². The first-order valence-corrected chi connectivity index (χ1v) is 7.75. The van der Waals surface area contributed by atoms with Gasteiger partial charge in [-0.1, -0.05) is 26.0 Å². The summed E-state index contributed by atoms with van der Waals surface area (Å²) in [7, 11) is 0. The van der Waals surface area contributed by atoms with Gasteiger partial charge in [0, 0.05) is 18.2 Å². The minimum Gasteiger partial charge on any atom is -0.336 e. The molecular weight excluding hydrogens is 248 g/mol. The van der Waals surface area contributed by atoms with Crippen molar-refractivity contribution in [2.45, 2.75) is 45.6 Å². The second-order valence-electron chi connectivity index (χ2n) is 5.85. The maximum absolute atomic E-state index is 12.7. The third kappa shape index (κ3) is 3.40. The number of piperidine rings is 1. The summed E-state index contributed by atoms with van der Waals surface area (Å²) in [6.45, 7) is 9.23. The van der Waals surface area contributed by atoms with Crippen LogP contribution in [0, 0.1) is 0 Å². The number of carbonyl (C=O) groups excluding carboxylic acids is 1. The molecule has 0 saturated carbocycles. The van der Waals surface area contributed by atoms with Crippen LogP contribution in [0.15, 0.2) is 24.3 Å². The van der Waals surface area contributed by atoms with E-state index in [1.54, 1.807) is 0 Å². The standard InChI is InChI=1S/C17H26N2O/c1-4-19(16-9-11-18-12-10-16)17(20)15-7-5-14(6-8-15)13(2)3/h5-8,13,16,18H,4,9-12H2,1-3H3. The van der Waals surface area contributed by atoms with Crippen LogP contribution in [0.4, 0.5) is 0 Å². The molecule has 0 unspecified atom stereocenters. The van der Waals surface area contributed by atoms with E-state index in [1.165, 1.54) is 5.56 Å². The van der Waals surface area contributed by atoms with Crippen molar-refractivity contribution in [2.75, 3.05) is 19.6 Å². The van der Waals surface area contributed by atoms with Gasteiger partial charge in [-0.3, -0.25) is 4.79 Å². The molecule has 0 bridgehead atoms. The average molecular weight is 274 g/mol. The topological polar surface area (TPSA) is 32.3 Å². The van der Waals surface area contributed by atoms with E-state index in [0.717, 1.165) is 38.0 Å².